The van der Waals surface area contributed by atoms with Gasteiger partial charge in [0, 0.05) is 16.1 Å². The third-order valence-electron chi connectivity index (χ3n) is 2.80. The quantitative estimate of drug-likeness (QED) is 0.907. The van der Waals surface area contributed by atoms with E-state index >= 15 is 0 Å². The Morgan fingerprint density at radius 3 is 2.50 bits per heavy atom. The standard InChI is InChI=1S/C12H13Cl2NO4S/c13-8-3-9(14)5-11(4-8)19-6-12(16)15-10-1-2-20(17,18)7-10/h3-5,10H,1-2,6-7H2,(H,15,16). The zero-order valence-corrected chi connectivity index (χ0v) is 12.8. The van der Waals surface area contributed by atoms with E-state index < -0.39 is 9.84 Å². The zero-order chi connectivity index (χ0) is 14.8. The number of rotatable bonds is 4. The average Bonchev–Trinajstić information content (AvgIpc) is 2.65. The lowest BCUT2D eigenvalue weighted by Gasteiger charge is -2.12. The summed E-state index contributed by atoms with van der Waals surface area (Å²) in [6.07, 6.45) is 0.442. The van der Waals surface area contributed by atoms with Crippen LogP contribution in [0.1, 0.15) is 6.42 Å². The van der Waals surface area contributed by atoms with Crippen molar-refractivity contribution in [3.8, 4) is 5.75 Å². The number of amides is 1. The van der Waals surface area contributed by atoms with E-state index in [1.807, 2.05) is 0 Å². The molecule has 1 atom stereocenters. The first-order chi connectivity index (χ1) is 9.34. The number of hydrogen-bond acceptors (Lipinski definition) is 4. The number of benzene rings is 1. The number of sulfone groups is 1. The summed E-state index contributed by atoms with van der Waals surface area (Å²) in [6, 6.07) is 4.31. The minimum Gasteiger partial charge on any atom is -0.484 e. The molecule has 1 saturated heterocycles. The largest absolute Gasteiger partial charge is 0.484 e. The molecule has 0 aromatic heterocycles. The molecule has 8 heteroatoms. The predicted molar refractivity (Wildman–Crippen MR) is 77.2 cm³/mol. The van der Waals surface area contributed by atoms with Crippen LogP contribution >= 0.6 is 23.2 Å². The molecule has 0 radical (unpaired) electrons. The number of halogens is 2. The maximum absolute atomic E-state index is 11.7. The molecule has 1 aliphatic rings. The molecule has 20 heavy (non-hydrogen) atoms. The van der Waals surface area contributed by atoms with E-state index in [1.165, 1.54) is 0 Å². The van der Waals surface area contributed by atoms with Crippen molar-refractivity contribution in [2.45, 2.75) is 12.5 Å². The number of carbonyl (C=O) groups is 1. The lowest BCUT2D eigenvalue weighted by molar-refractivity contribution is -0.123. The van der Waals surface area contributed by atoms with Crippen molar-refractivity contribution in [2.24, 2.45) is 0 Å². The predicted octanol–water partition coefficient (Wildman–Crippen LogP) is 1.68. The molecule has 1 amide bonds. The molecule has 1 aromatic carbocycles. The van der Waals surface area contributed by atoms with Gasteiger partial charge in [-0.25, -0.2) is 8.42 Å². The Morgan fingerprint density at radius 2 is 1.95 bits per heavy atom. The van der Waals surface area contributed by atoms with Crippen LogP contribution in [0.5, 0.6) is 5.75 Å². The van der Waals surface area contributed by atoms with Crippen molar-refractivity contribution in [3.63, 3.8) is 0 Å². The van der Waals surface area contributed by atoms with E-state index in [0.717, 1.165) is 0 Å². The number of nitrogens with one attached hydrogen (secondary N) is 1. The fourth-order valence-corrected chi connectivity index (χ4v) is 4.12. The van der Waals surface area contributed by atoms with E-state index in [1.54, 1.807) is 18.2 Å². The highest BCUT2D eigenvalue weighted by Crippen LogP contribution is 2.24. The summed E-state index contributed by atoms with van der Waals surface area (Å²) in [7, 11) is -3.01. The molecule has 1 N–H and O–H groups in total. The van der Waals surface area contributed by atoms with Gasteiger partial charge in [0.05, 0.1) is 11.5 Å². The second-order valence-corrected chi connectivity index (χ2v) is 7.66. The molecule has 0 saturated carbocycles. The van der Waals surface area contributed by atoms with Crippen molar-refractivity contribution in [1.29, 1.82) is 0 Å². The summed E-state index contributed by atoms with van der Waals surface area (Å²) in [5, 5.41) is 3.45. The minimum absolute atomic E-state index is 0.0122. The van der Waals surface area contributed by atoms with Gasteiger partial charge in [-0.15, -0.1) is 0 Å². The summed E-state index contributed by atoms with van der Waals surface area (Å²) < 4.78 is 27.8. The smallest absolute Gasteiger partial charge is 0.258 e. The highest BCUT2D eigenvalue weighted by Gasteiger charge is 2.28. The van der Waals surface area contributed by atoms with Gasteiger partial charge in [-0.2, -0.15) is 0 Å². The Hall–Kier alpha value is -0.980. The maximum Gasteiger partial charge on any atom is 0.258 e. The van der Waals surface area contributed by atoms with Gasteiger partial charge in [-0.05, 0) is 24.6 Å². The lowest BCUT2D eigenvalue weighted by atomic mass is 10.2. The molecule has 1 heterocycles. The van der Waals surface area contributed by atoms with Crippen LogP contribution in [0.2, 0.25) is 10.0 Å². The molecule has 1 aromatic rings. The first kappa shape index (κ1) is 15.4. The molecule has 1 aliphatic heterocycles. The SMILES string of the molecule is O=C(COc1cc(Cl)cc(Cl)c1)NC1CCS(=O)(=O)C1. The fourth-order valence-electron chi connectivity index (χ4n) is 1.94. The molecule has 5 nitrogen and oxygen atoms in total. The Morgan fingerprint density at radius 1 is 1.30 bits per heavy atom. The zero-order valence-electron chi connectivity index (χ0n) is 10.4. The minimum atomic E-state index is -3.01. The Balaban J connectivity index is 1.83. The number of hydrogen-bond donors (Lipinski definition) is 1. The first-order valence-corrected chi connectivity index (χ1v) is 8.50. The molecule has 0 spiro atoms. The van der Waals surface area contributed by atoms with E-state index in [9.17, 15) is 13.2 Å². The average molecular weight is 338 g/mol. The van der Waals surface area contributed by atoms with Crippen LogP contribution in [-0.4, -0.2) is 38.5 Å². The topological polar surface area (TPSA) is 72.5 Å². The lowest BCUT2D eigenvalue weighted by Crippen LogP contribution is -2.38. The van der Waals surface area contributed by atoms with Crippen LogP contribution in [0.15, 0.2) is 18.2 Å². The maximum atomic E-state index is 11.7. The Kier molecular flexibility index (Phi) is 4.78. The molecule has 0 aliphatic carbocycles. The van der Waals surface area contributed by atoms with Crippen LogP contribution in [0.3, 0.4) is 0 Å². The second kappa shape index (κ2) is 6.20. The van der Waals surface area contributed by atoms with E-state index in [4.69, 9.17) is 27.9 Å². The molecule has 0 bridgehead atoms. The molecule has 2 rings (SSSR count). The molecule has 1 fully saturated rings. The van der Waals surface area contributed by atoms with Crippen LogP contribution in [0.4, 0.5) is 0 Å². The van der Waals surface area contributed by atoms with E-state index in [0.29, 0.717) is 22.2 Å². The van der Waals surface area contributed by atoms with Crippen LogP contribution < -0.4 is 10.1 Å². The highest BCUT2D eigenvalue weighted by molar-refractivity contribution is 7.91. The second-order valence-electron chi connectivity index (χ2n) is 4.56. The third kappa shape index (κ3) is 4.54. The van der Waals surface area contributed by atoms with Gasteiger partial charge in [-0.3, -0.25) is 4.79 Å². The van der Waals surface area contributed by atoms with Gasteiger partial charge in [0.25, 0.3) is 5.91 Å². The summed E-state index contributed by atoms with van der Waals surface area (Å²) in [4.78, 5) is 11.7. The molecule has 1 unspecified atom stereocenters. The molecule has 110 valence electrons. The van der Waals surface area contributed by atoms with Gasteiger partial charge < -0.3 is 10.1 Å². The summed E-state index contributed by atoms with van der Waals surface area (Å²) in [5.74, 6) is 0.115. The Bertz CT molecular complexity index is 598. The molecular weight excluding hydrogens is 325 g/mol. The first-order valence-electron chi connectivity index (χ1n) is 5.93. The number of ether oxygens (including phenoxy) is 1. The van der Waals surface area contributed by atoms with Gasteiger partial charge in [0.15, 0.2) is 16.4 Å². The van der Waals surface area contributed by atoms with Crippen LogP contribution in [-0.2, 0) is 14.6 Å². The monoisotopic (exact) mass is 337 g/mol. The summed E-state index contributed by atoms with van der Waals surface area (Å²) in [6.45, 7) is -0.215. The van der Waals surface area contributed by atoms with Gasteiger partial charge in [0.1, 0.15) is 5.75 Å². The van der Waals surface area contributed by atoms with Crippen molar-refractivity contribution in [2.75, 3.05) is 18.1 Å². The van der Waals surface area contributed by atoms with Crippen molar-refractivity contribution in [3.05, 3.63) is 28.2 Å². The third-order valence-corrected chi connectivity index (χ3v) is 5.01. The molecular formula is C12H13Cl2NO4S. The number of carbonyl (C=O) groups excluding carboxylic acids is 1. The summed E-state index contributed by atoms with van der Waals surface area (Å²) in [5.41, 5.74) is 0. The van der Waals surface area contributed by atoms with E-state index in [2.05, 4.69) is 5.32 Å². The highest BCUT2D eigenvalue weighted by atomic mass is 35.5. The Labute approximate surface area is 127 Å². The van der Waals surface area contributed by atoms with Gasteiger partial charge >= 0.3 is 0 Å². The summed E-state index contributed by atoms with van der Waals surface area (Å²) >= 11 is 11.6. The van der Waals surface area contributed by atoms with E-state index in [-0.39, 0.29) is 30.1 Å². The van der Waals surface area contributed by atoms with Crippen LogP contribution in [0, 0.1) is 0 Å². The van der Waals surface area contributed by atoms with Crippen LogP contribution in [0.25, 0.3) is 0 Å². The van der Waals surface area contributed by atoms with Crippen molar-refractivity contribution in [1.82, 2.24) is 5.32 Å². The van der Waals surface area contributed by atoms with Crippen molar-refractivity contribution < 1.29 is 17.9 Å². The van der Waals surface area contributed by atoms with Gasteiger partial charge in [-0.1, -0.05) is 23.2 Å². The normalized spacial score (nSPS) is 20.6. The fraction of sp³-hybridized carbons (Fsp3) is 0.417. The van der Waals surface area contributed by atoms with Crippen molar-refractivity contribution >= 4 is 38.9 Å². The van der Waals surface area contributed by atoms with Gasteiger partial charge in [0.2, 0.25) is 0 Å².